The molecule has 1 fully saturated rings. The molecule has 5 heteroatoms. The van der Waals surface area contributed by atoms with Crippen molar-refractivity contribution in [1.82, 2.24) is 9.88 Å². The Balaban J connectivity index is 1.62. The summed E-state index contributed by atoms with van der Waals surface area (Å²) in [6, 6.07) is 5.92. The van der Waals surface area contributed by atoms with Crippen LogP contribution in [0.15, 0.2) is 27.1 Å². The van der Waals surface area contributed by atoms with Crippen LogP contribution in [0.25, 0.3) is 11.1 Å². The Kier molecular flexibility index (Phi) is 4.38. The van der Waals surface area contributed by atoms with Crippen LogP contribution in [-0.2, 0) is 11.3 Å². The molecule has 1 aliphatic rings. The average molecular weight is 339 g/mol. The Hall–Kier alpha value is -0.910. The van der Waals surface area contributed by atoms with Crippen molar-refractivity contribution in [3.05, 3.63) is 28.6 Å². The van der Waals surface area contributed by atoms with Gasteiger partial charge in [-0.15, -0.1) is 0 Å². The van der Waals surface area contributed by atoms with Gasteiger partial charge in [0.2, 0.25) is 5.89 Å². The fourth-order valence-electron chi connectivity index (χ4n) is 2.68. The summed E-state index contributed by atoms with van der Waals surface area (Å²) in [7, 11) is 0. The van der Waals surface area contributed by atoms with Crippen LogP contribution < -0.4 is 0 Å². The summed E-state index contributed by atoms with van der Waals surface area (Å²) in [5.41, 5.74) is 1.77. The zero-order valence-electron chi connectivity index (χ0n) is 11.6. The first-order valence-corrected chi connectivity index (χ1v) is 7.89. The molecule has 4 nitrogen and oxygen atoms in total. The first-order chi connectivity index (χ1) is 9.74. The monoisotopic (exact) mass is 338 g/mol. The Morgan fingerprint density at radius 1 is 1.50 bits per heavy atom. The standard InChI is InChI=1S/C15H19BrN2O2/c1-2-19-10-11-5-6-18(8-11)9-15-17-13-7-12(16)3-4-14(13)20-15/h3-4,7,11H,2,5-6,8-10H2,1H3. The van der Waals surface area contributed by atoms with Crippen LogP contribution in [0, 0.1) is 5.92 Å². The maximum atomic E-state index is 5.80. The third-order valence-electron chi connectivity index (χ3n) is 3.68. The maximum absolute atomic E-state index is 5.80. The highest BCUT2D eigenvalue weighted by Crippen LogP contribution is 2.23. The number of ether oxygens (including phenoxy) is 1. The third kappa shape index (κ3) is 3.22. The first-order valence-electron chi connectivity index (χ1n) is 7.09. The lowest BCUT2D eigenvalue weighted by Gasteiger charge is -2.13. The lowest BCUT2D eigenvalue weighted by Crippen LogP contribution is -2.21. The lowest BCUT2D eigenvalue weighted by atomic mass is 10.1. The fourth-order valence-corrected chi connectivity index (χ4v) is 3.03. The molecular formula is C15H19BrN2O2. The van der Waals surface area contributed by atoms with Crippen LogP contribution in [0.5, 0.6) is 0 Å². The van der Waals surface area contributed by atoms with E-state index in [4.69, 9.17) is 9.15 Å². The van der Waals surface area contributed by atoms with Crippen molar-refractivity contribution in [2.45, 2.75) is 19.9 Å². The largest absolute Gasteiger partial charge is 0.439 e. The molecule has 0 N–H and O–H groups in total. The summed E-state index contributed by atoms with van der Waals surface area (Å²) in [6.07, 6.45) is 1.20. The lowest BCUT2D eigenvalue weighted by molar-refractivity contribution is 0.111. The van der Waals surface area contributed by atoms with Gasteiger partial charge in [0.25, 0.3) is 0 Å². The molecule has 0 amide bonds. The molecule has 3 rings (SSSR count). The van der Waals surface area contributed by atoms with E-state index in [1.165, 1.54) is 6.42 Å². The highest BCUT2D eigenvalue weighted by molar-refractivity contribution is 9.10. The van der Waals surface area contributed by atoms with E-state index in [2.05, 4.69) is 25.8 Å². The smallest absolute Gasteiger partial charge is 0.209 e. The second kappa shape index (κ2) is 6.24. The van der Waals surface area contributed by atoms with Crippen LogP contribution in [-0.4, -0.2) is 36.2 Å². The molecule has 1 unspecified atom stereocenters. The highest BCUT2D eigenvalue weighted by atomic mass is 79.9. The number of nitrogens with zero attached hydrogens (tertiary/aromatic N) is 2. The molecule has 1 saturated heterocycles. The van der Waals surface area contributed by atoms with Crippen molar-refractivity contribution in [3.8, 4) is 0 Å². The normalized spacial score (nSPS) is 20.0. The van der Waals surface area contributed by atoms with Gasteiger partial charge in [0.05, 0.1) is 13.2 Å². The van der Waals surface area contributed by atoms with Gasteiger partial charge in [-0.2, -0.15) is 0 Å². The summed E-state index contributed by atoms with van der Waals surface area (Å²) in [5.74, 6) is 1.45. The van der Waals surface area contributed by atoms with Gasteiger partial charge >= 0.3 is 0 Å². The minimum atomic E-state index is 0.647. The molecule has 0 radical (unpaired) electrons. The molecule has 2 aromatic rings. The molecule has 1 aliphatic heterocycles. The summed E-state index contributed by atoms with van der Waals surface area (Å²) < 4.78 is 12.3. The van der Waals surface area contributed by atoms with Crippen molar-refractivity contribution in [1.29, 1.82) is 0 Å². The molecular weight excluding hydrogens is 320 g/mol. The molecule has 0 aliphatic carbocycles. The highest BCUT2D eigenvalue weighted by Gasteiger charge is 2.23. The second-order valence-electron chi connectivity index (χ2n) is 5.27. The number of oxazole rings is 1. The van der Waals surface area contributed by atoms with Crippen LogP contribution in [0.1, 0.15) is 19.2 Å². The predicted molar refractivity (Wildman–Crippen MR) is 81.6 cm³/mol. The zero-order chi connectivity index (χ0) is 13.9. The average Bonchev–Trinajstić information content (AvgIpc) is 3.02. The topological polar surface area (TPSA) is 38.5 Å². The number of fused-ring (bicyclic) bond motifs is 1. The Labute approximate surface area is 127 Å². The third-order valence-corrected chi connectivity index (χ3v) is 4.17. The fraction of sp³-hybridized carbons (Fsp3) is 0.533. The number of aromatic nitrogens is 1. The van der Waals surface area contributed by atoms with Crippen LogP contribution in [0.3, 0.4) is 0 Å². The van der Waals surface area contributed by atoms with Crippen molar-refractivity contribution < 1.29 is 9.15 Å². The Morgan fingerprint density at radius 2 is 2.40 bits per heavy atom. The van der Waals surface area contributed by atoms with Gasteiger partial charge in [-0.3, -0.25) is 4.90 Å². The van der Waals surface area contributed by atoms with E-state index in [9.17, 15) is 0 Å². The summed E-state index contributed by atoms with van der Waals surface area (Å²) >= 11 is 3.46. The molecule has 0 spiro atoms. The van der Waals surface area contributed by atoms with Gasteiger partial charge in [-0.1, -0.05) is 15.9 Å². The van der Waals surface area contributed by atoms with Crippen molar-refractivity contribution in [3.63, 3.8) is 0 Å². The first kappa shape index (κ1) is 14.0. The second-order valence-corrected chi connectivity index (χ2v) is 6.18. The molecule has 108 valence electrons. The van der Waals surface area contributed by atoms with Gasteiger partial charge in [0.15, 0.2) is 5.58 Å². The predicted octanol–water partition coefficient (Wildman–Crippen LogP) is 3.45. The Morgan fingerprint density at radius 3 is 3.25 bits per heavy atom. The zero-order valence-corrected chi connectivity index (χ0v) is 13.2. The van der Waals surface area contributed by atoms with E-state index in [-0.39, 0.29) is 0 Å². The van der Waals surface area contributed by atoms with Crippen molar-refractivity contribution in [2.24, 2.45) is 5.92 Å². The minimum Gasteiger partial charge on any atom is -0.439 e. The van der Waals surface area contributed by atoms with E-state index in [0.717, 1.165) is 54.3 Å². The van der Waals surface area contributed by atoms with Gasteiger partial charge in [-0.05, 0) is 44.0 Å². The van der Waals surface area contributed by atoms with E-state index < -0.39 is 0 Å². The van der Waals surface area contributed by atoms with E-state index in [1.807, 2.05) is 25.1 Å². The molecule has 1 aromatic heterocycles. The van der Waals surface area contributed by atoms with E-state index >= 15 is 0 Å². The maximum Gasteiger partial charge on any atom is 0.209 e. The molecule has 0 saturated carbocycles. The number of rotatable bonds is 5. The van der Waals surface area contributed by atoms with Gasteiger partial charge in [-0.25, -0.2) is 4.98 Å². The number of hydrogen-bond donors (Lipinski definition) is 0. The van der Waals surface area contributed by atoms with Gasteiger partial charge in [0, 0.05) is 17.6 Å². The summed E-state index contributed by atoms with van der Waals surface area (Å²) in [6.45, 7) is 6.67. The van der Waals surface area contributed by atoms with E-state index in [1.54, 1.807) is 0 Å². The molecule has 2 heterocycles. The Bertz CT molecular complexity index is 584. The van der Waals surface area contributed by atoms with Crippen LogP contribution >= 0.6 is 15.9 Å². The number of halogens is 1. The van der Waals surface area contributed by atoms with E-state index in [0.29, 0.717) is 5.92 Å². The quantitative estimate of drug-likeness (QED) is 0.836. The summed E-state index contributed by atoms with van der Waals surface area (Å²) in [4.78, 5) is 6.95. The van der Waals surface area contributed by atoms with Gasteiger partial charge < -0.3 is 9.15 Å². The summed E-state index contributed by atoms with van der Waals surface area (Å²) in [5, 5.41) is 0. The van der Waals surface area contributed by atoms with Crippen molar-refractivity contribution >= 4 is 27.0 Å². The molecule has 1 atom stereocenters. The molecule has 1 aromatic carbocycles. The minimum absolute atomic E-state index is 0.647. The molecule has 0 bridgehead atoms. The molecule has 20 heavy (non-hydrogen) atoms. The number of benzene rings is 1. The van der Waals surface area contributed by atoms with Crippen LogP contribution in [0.2, 0.25) is 0 Å². The SMILES string of the molecule is CCOCC1CCN(Cc2nc3cc(Br)ccc3o2)C1. The van der Waals surface area contributed by atoms with Crippen LogP contribution in [0.4, 0.5) is 0 Å². The number of hydrogen-bond acceptors (Lipinski definition) is 4. The number of likely N-dealkylation sites (tertiary alicyclic amines) is 1. The van der Waals surface area contributed by atoms with Gasteiger partial charge in [0.1, 0.15) is 5.52 Å². The van der Waals surface area contributed by atoms with Crippen molar-refractivity contribution in [2.75, 3.05) is 26.3 Å².